The fourth-order valence-corrected chi connectivity index (χ4v) is 1.10. The minimum atomic E-state index is -0.664. The molecule has 0 saturated carbocycles. The Balaban J connectivity index is 2.51. The van der Waals surface area contributed by atoms with Crippen molar-refractivity contribution in [3.05, 3.63) is 35.7 Å². The Morgan fingerprint density at radius 2 is 1.79 bits per heavy atom. The molecule has 0 aliphatic carbocycles. The molecule has 1 aromatic carbocycles. The third-order valence-electron chi connectivity index (χ3n) is 1.65. The smallest absolute Gasteiger partial charge is 0.223 e. The standard InChI is InChI=1S/C9H6F2N2O/c1-5-12-9(13-14-5)6-2-7(10)4-8(11)3-6/h2-4H,1H3. The largest absolute Gasteiger partial charge is 0.339 e. The van der Waals surface area contributed by atoms with Crippen LogP contribution in [0, 0.1) is 18.6 Å². The summed E-state index contributed by atoms with van der Waals surface area (Å²) < 4.78 is 30.3. The topological polar surface area (TPSA) is 38.9 Å². The van der Waals surface area contributed by atoms with E-state index in [4.69, 9.17) is 4.52 Å². The summed E-state index contributed by atoms with van der Waals surface area (Å²) in [6, 6.07) is 3.08. The zero-order valence-corrected chi connectivity index (χ0v) is 7.29. The number of nitrogens with zero attached hydrogens (tertiary/aromatic N) is 2. The summed E-state index contributed by atoms with van der Waals surface area (Å²) in [5.74, 6) is -0.796. The van der Waals surface area contributed by atoms with Gasteiger partial charge in [0, 0.05) is 18.6 Å². The molecule has 0 atom stereocenters. The molecule has 2 aromatic rings. The highest BCUT2D eigenvalue weighted by Crippen LogP contribution is 2.18. The molecule has 1 heterocycles. The lowest BCUT2D eigenvalue weighted by atomic mass is 10.2. The zero-order valence-electron chi connectivity index (χ0n) is 7.29. The van der Waals surface area contributed by atoms with E-state index in [0.29, 0.717) is 5.89 Å². The molecule has 0 bridgehead atoms. The Bertz CT molecular complexity index is 447. The van der Waals surface area contributed by atoms with Crippen LogP contribution in [0.15, 0.2) is 22.7 Å². The van der Waals surface area contributed by atoms with Crippen molar-refractivity contribution < 1.29 is 13.3 Å². The first-order valence-electron chi connectivity index (χ1n) is 3.92. The molecule has 72 valence electrons. The maximum Gasteiger partial charge on any atom is 0.223 e. The van der Waals surface area contributed by atoms with Crippen molar-refractivity contribution in [2.45, 2.75) is 6.92 Å². The Labute approximate surface area is 78.4 Å². The van der Waals surface area contributed by atoms with Gasteiger partial charge in [-0.2, -0.15) is 4.98 Å². The van der Waals surface area contributed by atoms with Gasteiger partial charge in [-0.25, -0.2) is 8.78 Å². The predicted molar refractivity (Wildman–Crippen MR) is 44.4 cm³/mol. The van der Waals surface area contributed by atoms with E-state index in [1.807, 2.05) is 0 Å². The molecule has 3 nitrogen and oxygen atoms in total. The van der Waals surface area contributed by atoms with E-state index in [0.717, 1.165) is 18.2 Å². The molecular weight excluding hydrogens is 190 g/mol. The van der Waals surface area contributed by atoms with Gasteiger partial charge in [0.05, 0.1) is 0 Å². The third-order valence-corrected chi connectivity index (χ3v) is 1.65. The van der Waals surface area contributed by atoms with E-state index >= 15 is 0 Å². The molecule has 5 heteroatoms. The van der Waals surface area contributed by atoms with Crippen LogP contribution in [0.2, 0.25) is 0 Å². The Morgan fingerprint density at radius 3 is 2.29 bits per heavy atom. The van der Waals surface area contributed by atoms with E-state index in [-0.39, 0.29) is 11.4 Å². The second kappa shape index (κ2) is 3.17. The summed E-state index contributed by atoms with van der Waals surface area (Å²) in [6.45, 7) is 1.60. The quantitative estimate of drug-likeness (QED) is 0.702. The van der Waals surface area contributed by atoms with Crippen LogP contribution < -0.4 is 0 Å². The van der Waals surface area contributed by atoms with Gasteiger partial charge in [0.1, 0.15) is 11.6 Å². The molecule has 0 aliphatic rings. The molecule has 0 spiro atoms. The molecule has 0 radical (unpaired) electrons. The average Bonchev–Trinajstić information content (AvgIpc) is 2.50. The Kier molecular flexibility index (Phi) is 1.99. The van der Waals surface area contributed by atoms with Gasteiger partial charge in [-0.05, 0) is 12.1 Å². The Hall–Kier alpha value is -1.78. The van der Waals surface area contributed by atoms with Crippen molar-refractivity contribution in [1.82, 2.24) is 10.1 Å². The maximum atomic E-state index is 12.8. The fourth-order valence-electron chi connectivity index (χ4n) is 1.10. The van der Waals surface area contributed by atoms with Gasteiger partial charge >= 0.3 is 0 Å². The van der Waals surface area contributed by atoms with Crippen LogP contribution in [0.5, 0.6) is 0 Å². The highest BCUT2D eigenvalue weighted by Gasteiger charge is 2.08. The van der Waals surface area contributed by atoms with Crippen LogP contribution in [-0.4, -0.2) is 10.1 Å². The first-order valence-corrected chi connectivity index (χ1v) is 3.92. The van der Waals surface area contributed by atoms with Crippen molar-refractivity contribution in [1.29, 1.82) is 0 Å². The van der Waals surface area contributed by atoms with E-state index in [9.17, 15) is 8.78 Å². The highest BCUT2D eigenvalue weighted by atomic mass is 19.1. The summed E-state index contributed by atoms with van der Waals surface area (Å²) in [6.07, 6.45) is 0. The van der Waals surface area contributed by atoms with Gasteiger partial charge in [0.2, 0.25) is 11.7 Å². The highest BCUT2D eigenvalue weighted by molar-refractivity contribution is 5.54. The predicted octanol–water partition coefficient (Wildman–Crippen LogP) is 2.32. The number of rotatable bonds is 1. The van der Waals surface area contributed by atoms with E-state index in [1.165, 1.54) is 0 Å². The lowest BCUT2D eigenvalue weighted by molar-refractivity contribution is 0.394. The normalized spacial score (nSPS) is 10.5. The molecule has 0 fully saturated rings. The summed E-state index contributed by atoms with van der Waals surface area (Å²) in [7, 11) is 0. The van der Waals surface area contributed by atoms with Crippen molar-refractivity contribution in [2.24, 2.45) is 0 Å². The Morgan fingerprint density at radius 1 is 1.14 bits per heavy atom. The van der Waals surface area contributed by atoms with Gasteiger partial charge in [0.15, 0.2) is 0 Å². The second-order valence-electron chi connectivity index (χ2n) is 2.80. The van der Waals surface area contributed by atoms with Crippen LogP contribution in [0.4, 0.5) is 8.78 Å². The molecular formula is C9H6F2N2O. The van der Waals surface area contributed by atoms with Gasteiger partial charge in [0.25, 0.3) is 0 Å². The molecule has 2 rings (SSSR count). The lowest BCUT2D eigenvalue weighted by Gasteiger charge is -1.94. The van der Waals surface area contributed by atoms with Gasteiger partial charge in [-0.1, -0.05) is 5.16 Å². The van der Waals surface area contributed by atoms with E-state index < -0.39 is 11.6 Å². The van der Waals surface area contributed by atoms with Crippen molar-refractivity contribution in [2.75, 3.05) is 0 Å². The zero-order chi connectivity index (χ0) is 10.1. The number of benzene rings is 1. The van der Waals surface area contributed by atoms with Crippen LogP contribution in [0.1, 0.15) is 5.89 Å². The molecule has 0 amide bonds. The van der Waals surface area contributed by atoms with Crippen LogP contribution in [0.25, 0.3) is 11.4 Å². The summed E-state index contributed by atoms with van der Waals surface area (Å²) in [5, 5.41) is 3.55. The van der Waals surface area contributed by atoms with Crippen molar-refractivity contribution in [3.63, 3.8) is 0 Å². The monoisotopic (exact) mass is 196 g/mol. The number of aromatic nitrogens is 2. The average molecular weight is 196 g/mol. The summed E-state index contributed by atoms with van der Waals surface area (Å²) in [4.78, 5) is 3.85. The minimum Gasteiger partial charge on any atom is -0.339 e. The number of hydrogen-bond donors (Lipinski definition) is 0. The number of aryl methyl sites for hydroxylation is 1. The van der Waals surface area contributed by atoms with Crippen LogP contribution in [-0.2, 0) is 0 Å². The second-order valence-corrected chi connectivity index (χ2v) is 2.80. The lowest BCUT2D eigenvalue weighted by Crippen LogP contribution is -1.85. The molecule has 0 unspecified atom stereocenters. The molecule has 1 aromatic heterocycles. The van der Waals surface area contributed by atoms with Gasteiger partial charge in [-0.15, -0.1) is 0 Å². The molecule has 0 N–H and O–H groups in total. The van der Waals surface area contributed by atoms with Gasteiger partial charge < -0.3 is 4.52 Å². The van der Waals surface area contributed by atoms with Crippen molar-refractivity contribution in [3.8, 4) is 11.4 Å². The van der Waals surface area contributed by atoms with E-state index in [1.54, 1.807) is 6.92 Å². The van der Waals surface area contributed by atoms with Crippen molar-refractivity contribution >= 4 is 0 Å². The molecule has 14 heavy (non-hydrogen) atoms. The first kappa shape index (κ1) is 8.80. The molecule has 0 saturated heterocycles. The number of hydrogen-bond acceptors (Lipinski definition) is 3. The first-order chi connectivity index (χ1) is 6.65. The maximum absolute atomic E-state index is 12.8. The minimum absolute atomic E-state index is 0.181. The third kappa shape index (κ3) is 1.61. The SMILES string of the molecule is Cc1nc(-c2cc(F)cc(F)c2)no1. The van der Waals surface area contributed by atoms with Crippen LogP contribution in [0.3, 0.4) is 0 Å². The number of halogens is 2. The molecule has 0 aliphatic heterocycles. The summed E-state index contributed by atoms with van der Waals surface area (Å²) >= 11 is 0. The van der Waals surface area contributed by atoms with Crippen LogP contribution >= 0.6 is 0 Å². The van der Waals surface area contributed by atoms with E-state index in [2.05, 4.69) is 10.1 Å². The summed E-state index contributed by atoms with van der Waals surface area (Å²) in [5.41, 5.74) is 0.263. The fraction of sp³-hybridized carbons (Fsp3) is 0.111. The van der Waals surface area contributed by atoms with Gasteiger partial charge in [-0.3, -0.25) is 0 Å².